The fraction of sp³-hybridized carbons (Fsp3) is 0.733. The summed E-state index contributed by atoms with van der Waals surface area (Å²) < 4.78 is 0. The van der Waals surface area contributed by atoms with Crippen molar-refractivity contribution in [3.8, 4) is 0 Å². The van der Waals surface area contributed by atoms with Crippen LogP contribution in [0.4, 0.5) is 5.13 Å². The molecule has 1 fully saturated rings. The number of hydrogen-bond donors (Lipinski definition) is 1. The lowest BCUT2D eigenvalue weighted by Crippen LogP contribution is -2.37. The zero-order valence-corrected chi connectivity index (χ0v) is 14.1. The van der Waals surface area contributed by atoms with Gasteiger partial charge in [-0.1, -0.05) is 0 Å². The number of carboxylic acids is 1. The number of carbonyl (C=O) groups is 1. The third-order valence-corrected chi connectivity index (χ3v) is 5.08. The molecule has 0 atom stereocenters. The number of aliphatic carboxylic acids is 1. The van der Waals surface area contributed by atoms with Gasteiger partial charge in [0.15, 0.2) is 5.13 Å². The van der Waals surface area contributed by atoms with Crippen LogP contribution in [-0.4, -0.2) is 54.7 Å². The molecule has 0 amide bonds. The molecule has 2 rings (SSSR count). The van der Waals surface area contributed by atoms with Crippen LogP contribution >= 0.6 is 11.3 Å². The molecule has 1 N–H and O–H groups in total. The first-order valence-electron chi connectivity index (χ1n) is 7.39. The van der Waals surface area contributed by atoms with Gasteiger partial charge in [-0.3, -0.25) is 4.79 Å². The highest BCUT2D eigenvalue weighted by molar-refractivity contribution is 7.13. The fourth-order valence-corrected chi connectivity index (χ4v) is 3.68. The third kappa shape index (κ3) is 3.74. The van der Waals surface area contributed by atoms with Crippen LogP contribution in [-0.2, 0) is 10.2 Å². The van der Waals surface area contributed by atoms with Crippen molar-refractivity contribution in [2.45, 2.75) is 32.1 Å². The normalized spacial score (nSPS) is 17.5. The molecular weight excluding hydrogens is 286 g/mol. The van der Waals surface area contributed by atoms with Crippen molar-refractivity contribution < 1.29 is 9.90 Å². The molecule has 1 saturated heterocycles. The summed E-state index contributed by atoms with van der Waals surface area (Å²) in [5.74, 6) is -0.0739. The Labute approximate surface area is 130 Å². The maximum Gasteiger partial charge on any atom is 0.315 e. The minimum absolute atomic E-state index is 0.658. The van der Waals surface area contributed by atoms with Crippen LogP contribution in [0.2, 0.25) is 0 Å². The summed E-state index contributed by atoms with van der Waals surface area (Å²) in [4.78, 5) is 20.4. The predicted molar refractivity (Wildman–Crippen MR) is 86.3 cm³/mol. The summed E-state index contributed by atoms with van der Waals surface area (Å²) in [5, 5.41) is 12.1. The highest BCUT2D eigenvalue weighted by atomic mass is 32.1. The summed E-state index contributed by atoms with van der Waals surface area (Å²) in [6, 6.07) is 0. The van der Waals surface area contributed by atoms with Crippen molar-refractivity contribution in [3.05, 3.63) is 11.1 Å². The highest BCUT2D eigenvalue weighted by Gasteiger charge is 2.33. The zero-order chi connectivity index (χ0) is 15.6. The number of thiazole rings is 1. The van der Waals surface area contributed by atoms with Gasteiger partial charge >= 0.3 is 5.97 Å². The van der Waals surface area contributed by atoms with Gasteiger partial charge in [0.2, 0.25) is 0 Å². The van der Waals surface area contributed by atoms with Crippen LogP contribution in [0.25, 0.3) is 0 Å². The molecule has 1 aliphatic heterocycles. The SMILES string of the molecule is CN(C)CC1CCN(c2nc(C(C)(C)C(=O)O)cs2)CC1. The molecule has 0 aromatic carbocycles. The molecule has 21 heavy (non-hydrogen) atoms. The van der Waals surface area contributed by atoms with E-state index in [4.69, 9.17) is 0 Å². The largest absolute Gasteiger partial charge is 0.481 e. The molecule has 5 nitrogen and oxygen atoms in total. The first kappa shape index (κ1) is 16.2. The maximum atomic E-state index is 11.3. The number of nitrogens with zero attached hydrogens (tertiary/aromatic N) is 3. The molecule has 118 valence electrons. The topological polar surface area (TPSA) is 56.7 Å². The van der Waals surface area contributed by atoms with Crippen molar-refractivity contribution >= 4 is 22.4 Å². The Morgan fingerprint density at radius 2 is 2.10 bits per heavy atom. The smallest absolute Gasteiger partial charge is 0.315 e. The molecule has 1 aromatic rings. The van der Waals surface area contributed by atoms with Crippen LogP contribution in [0, 0.1) is 5.92 Å². The Morgan fingerprint density at radius 3 is 2.62 bits per heavy atom. The monoisotopic (exact) mass is 311 g/mol. The van der Waals surface area contributed by atoms with Gasteiger partial charge in [-0.25, -0.2) is 4.98 Å². The molecular formula is C15H25N3O2S. The van der Waals surface area contributed by atoms with Crippen LogP contribution in [0.15, 0.2) is 5.38 Å². The third-order valence-electron chi connectivity index (χ3n) is 4.18. The minimum Gasteiger partial charge on any atom is -0.481 e. The number of anilines is 1. The Hall–Kier alpha value is -1.14. The molecule has 2 heterocycles. The van der Waals surface area contributed by atoms with Crippen LogP contribution in [0.3, 0.4) is 0 Å². The van der Waals surface area contributed by atoms with E-state index in [1.807, 2.05) is 5.38 Å². The summed E-state index contributed by atoms with van der Waals surface area (Å²) in [7, 11) is 4.24. The van der Waals surface area contributed by atoms with E-state index in [2.05, 4.69) is 28.9 Å². The second-order valence-corrected chi connectivity index (χ2v) is 7.47. The van der Waals surface area contributed by atoms with Crippen LogP contribution < -0.4 is 4.90 Å². The molecule has 1 aliphatic rings. The van der Waals surface area contributed by atoms with E-state index in [1.165, 1.54) is 12.8 Å². The van der Waals surface area contributed by atoms with Crippen molar-refractivity contribution in [3.63, 3.8) is 0 Å². The van der Waals surface area contributed by atoms with E-state index in [-0.39, 0.29) is 0 Å². The standard InChI is InChI=1S/C15H25N3O2S/c1-15(2,13(19)20)12-10-21-14(16-12)18-7-5-11(6-8-18)9-17(3)4/h10-11H,5-9H2,1-4H3,(H,19,20). The van der Waals surface area contributed by atoms with Gasteiger partial charge in [-0.2, -0.15) is 0 Å². The Bertz CT molecular complexity index is 491. The van der Waals surface area contributed by atoms with E-state index in [0.29, 0.717) is 5.69 Å². The zero-order valence-electron chi connectivity index (χ0n) is 13.3. The van der Waals surface area contributed by atoms with E-state index in [9.17, 15) is 9.90 Å². The molecule has 0 saturated carbocycles. The lowest BCUT2D eigenvalue weighted by molar-refractivity contribution is -0.142. The van der Waals surface area contributed by atoms with Gasteiger partial charge in [0.1, 0.15) is 5.41 Å². The number of hydrogen-bond acceptors (Lipinski definition) is 5. The van der Waals surface area contributed by atoms with Crippen molar-refractivity contribution in [1.29, 1.82) is 0 Å². The summed E-state index contributed by atoms with van der Waals surface area (Å²) in [5.41, 5.74) is -0.261. The molecule has 0 spiro atoms. The molecule has 0 bridgehead atoms. The van der Waals surface area contributed by atoms with Crippen LogP contribution in [0.1, 0.15) is 32.4 Å². The fourth-order valence-electron chi connectivity index (χ4n) is 2.63. The second kappa shape index (κ2) is 6.32. The van der Waals surface area contributed by atoms with Gasteiger partial charge in [0, 0.05) is 25.0 Å². The van der Waals surface area contributed by atoms with Crippen molar-refractivity contribution in [2.24, 2.45) is 5.92 Å². The summed E-state index contributed by atoms with van der Waals surface area (Å²) in [6.45, 7) is 6.58. The first-order valence-corrected chi connectivity index (χ1v) is 8.27. The summed E-state index contributed by atoms with van der Waals surface area (Å²) >= 11 is 1.56. The van der Waals surface area contributed by atoms with Crippen molar-refractivity contribution in [1.82, 2.24) is 9.88 Å². The van der Waals surface area contributed by atoms with E-state index >= 15 is 0 Å². The Kier molecular flexibility index (Phi) is 4.88. The second-order valence-electron chi connectivity index (χ2n) is 6.64. The predicted octanol–water partition coefficient (Wildman–Crippen LogP) is 2.28. The maximum absolute atomic E-state index is 11.3. The lowest BCUT2D eigenvalue weighted by atomic mass is 9.90. The number of aromatic nitrogens is 1. The highest BCUT2D eigenvalue weighted by Crippen LogP contribution is 2.31. The van der Waals surface area contributed by atoms with Gasteiger partial charge in [0.05, 0.1) is 5.69 Å². The van der Waals surface area contributed by atoms with Crippen LogP contribution in [0.5, 0.6) is 0 Å². The molecule has 0 radical (unpaired) electrons. The Balaban J connectivity index is 1.99. The van der Waals surface area contributed by atoms with Crippen molar-refractivity contribution in [2.75, 3.05) is 38.6 Å². The molecule has 6 heteroatoms. The molecule has 0 unspecified atom stereocenters. The number of rotatable bonds is 5. The molecule has 0 aliphatic carbocycles. The average molecular weight is 311 g/mol. The van der Waals surface area contributed by atoms with Gasteiger partial charge in [-0.05, 0) is 46.7 Å². The van der Waals surface area contributed by atoms with Gasteiger partial charge in [-0.15, -0.1) is 11.3 Å². The summed E-state index contributed by atoms with van der Waals surface area (Å²) in [6.07, 6.45) is 2.35. The number of carboxylic acid groups (broad SMARTS) is 1. The van der Waals surface area contributed by atoms with Gasteiger partial charge in [0.25, 0.3) is 0 Å². The van der Waals surface area contributed by atoms with E-state index in [1.54, 1.807) is 25.2 Å². The van der Waals surface area contributed by atoms with E-state index < -0.39 is 11.4 Å². The number of piperidine rings is 1. The first-order chi connectivity index (χ1) is 9.80. The minimum atomic E-state index is -0.919. The lowest BCUT2D eigenvalue weighted by Gasteiger charge is -2.33. The average Bonchev–Trinajstić information content (AvgIpc) is 2.89. The Morgan fingerprint density at radius 1 is 1.48 bits per heavy atom. The van der Waals surface area contributed by atoms with E-state index in [0.717, 1.165) is 30.7 Å². The molecule has 1 aromatic heterocycles. The quantitative estimate of drug-likeness (QED) is 0.904. The van der Waals surface area contributed by atoms with Gasteiger partial charge < -0.3 is 14.9 Å².